The minimum Gasteiger partial charge on any atom is -0.394 e. The second-order valence-electron chi connectivity index (χ2n) is 27.1. The molecule has 0 spiro atoms. The van der Waals surface area contributed by atoms with Crippen LogP contribution in [0.4, 0.5) is 0 Å². The van der Waals surface area contributed by atoms with Crippen molar-refractivity contribution in [2.45, 2.75) is 407 Å². The van der Waals surface area contributed by atoms with E-state index >= 15 is 0 Å². The summed E-state index contributed by atoms with van der Waals surface area (Å²) in [4.78, 5) is 13.4. The maximum absolute atomic E-state index is 13.4. The van der Waals surface area contributed by atoms with Gasteiger partial charge in [-0.3, -0.25) is 4.79 Å². The summed E-state index contributed by atoms with van der Waals surface area (Å²) in [5.74, 6) is -0.272. The minimum atomic E-state index is -1.98. The molecule has 3 saturated heterocycles. The summed E-state index contributed by atoms with van der Waals surface area (Å²) in [6.07, 6.45) is 37.9. The fraction of sp³-hybridized carbons (Fsp3) is 0.932. The van der Waals surface area contributed by atoms with Crippen molar-refractivity contribution in [2.24, 2.45) is 0 Å². The van der Waals surface area contributed by atoms with E-state index in [4.69, 9.17) is 28.4 Å². The van der Waals surface area contributed by atoms with Crippen LogP contribution in [0.5, 0.6) is 0 Å². The van der Waals surface area contributed by atoms with Crippen LogP contribution in [-0.4, -0.2) is 193 Å². The summed E-state index contributed by atoms with van der Waals surface area (Å²) < 4.78 is 34.3. The largest absolute Gasteiger partial charge is 0.394 e. The Morgan fingerprint density at radius 1 is 0.380 bits per heavy atom. The topological polar surface area (TPSA) is 307 Å². The zero-order chi connectivity index (χ0) is 66.8. The lowest BCUT2D eigenvalue weighted by Gasteiger charge is -2.48. The molecule has 0 aromatic rings. The van der Waals surface area contributed by atoms with Crippen molar-refractivity contribution in [3.63, 3.8) is 0 Å². The highest BCUT2D eigenvalue weighted by Crippen LogP contribution is 2.33. The van der Waals surface area contributed by atoms with E-state index in [1.807, 2.05) is 6.08 Å². The van der Waals surface area contributed by atoms with E-state index in [2.05, 4.69) is 31.3 Å². The second kappa shape index (κ2) is 55.2. The summed E-state index contributed by atoms with van der Waals surface area (Å²) in [5.41, 5.74) is 0. The van der Waals surface area contributed by atoms with E-state index in [9.17, 15) is 61.0 Å². The smallest absolute Gasteiger partial charge is 0.220 e. The van der Waals surface area contributed by atoms with Gasteiger partial charge in [0.15, 0.2) is 18.9 Å². The number of carbonyl (C=O) groups is 1. The number of hydrogen-bond acceptors (Lipinski definition) is 18. The molecule has 17 atom stereocenters. The number of rotatable bonds is 59. The van der Waals surface area contributed by atoms with Crippen LogP contribution in [0.2, 0.25) is 0 Å². The molecule has 19 heteroatoms. The number of ether oxygens (including phenoxy) is 6. The van der Waals surface area contributed by atoms with Crippen molar-refractivity contribution >= 4 is 5.91 Å². The number of unbranched alkanes of at least 4 members (excludes halogenated alkanes) is 41. The van der Waals surface area contributed by atoms with E-state index in [-0.39, 0.29) is 18.9 Å². The predicted molar refractivity (Wildman–Crippen MR) is 360 cm³/mol. The first-order valence-corrected chi connectivity index (χ1v) is 37.6. The van der Waals surface area contributed by atoms with Crippen LogP contribution in [0.25, 0.3) is 0 Å². The standard InChI is InChI=1S/C73H137NO18/c1-3-5-7-9-11-13-15-16-17-18-19-20-21-22-23-24-25-26-27-28-29-30-31-32-33-34-35-36-37-38-39-40-41-43-45-47-49-51-61(79)74-56(57(78)50-48-46-44-42-14-12-10-8-6-4-2)55-87-71-67(85)64(82)69(59(53-76)89-71)92-73-68(86)65(83)70(60(54-77)90-73)91-72-66(84)63(81)62(80)58(52-75)88-72/h18-19,48,50,56-60,62-73,75-78,80-86H,3-17,20-47,49,51-55H2,1-2H3,(H,74,79)/b19-18-,50-48+. The van der Waals surface area contributed by atoms with Gasteiger partial charge in [-0.1, -0.05) is 276 Å². The SMILES string of the molecule is CCCCCCCCCC/C=C\CCCCCCCCCCCCCCCCCCCCCCCCCCCC(=O)NC(COC1OC(CO)C(OC2OC(CO)C(OC3OC(CO)C(O)C(O)C3O)C(O)C2O)C(O)C1O)C(O)/C=C/CCCCCCCCCC. The molecule has 0 aliphatic carbocycles. The van der Waals surface area contributed by atoms with E-state index in [1.165, 1.54) is 231 Å². The van der Waals surface area contributed by atoms with Crippen molar-refractivity contribution < 1.29 is 89.4 Å². The fourth-order valence-electron chi connectivity index (χ4n) is 12.9. The Hall–Kier alpha value is -1.73. The Morgan fingerprint density at radius 2 is 0.685 bits per heavy atom. The number of hydrogen-bond donors (Lipinski definition) is 12. The predicted octanol–water partition coefficient (Wildman–Crippen LogP) is 11.0. The third-order valence-corrected chi connectivity index (χ3v) is 19.0. The highest BCUT2D eigenvalue weighted by Gasteiger charge is 2.53. The van der Waals surface area contributed by atoms with Gasteiger partial charge in [0.2, 0.25) is 5.91 Å². The molecule has 1 amide bonds. The number of nitrogens with one attached hydrogen (secondary N) is 1. The van der Waals surface area contributed by atoms with Crippen LogP contribution in [-0.2, 0) is 33.2 Å². The summed E-state index contributed by atoms with van der Waals surface area (Å²) >= 11 is 0. The summed E-state index contributed by atoms with van der Waals surface area (Å²) in [5, 5.41) is 120. The molecule has 17 unspecified atom stereocenters. The van der Waals surface area contributed by atoms with Gasteiger partial charge >= 0.3 is 0 Å². The molecule has 3 aliphatic heterocycles. The second-order valence-corrected chi connectivity index (χ2v) is 27.1. The molecule has 0 aromatic heterocycles. The zero-order valence-electron chi connectivity index (χ0n) is 57.5. The van der Waals surface area contributed by atoms with Gasteiger partial charge < -0.3 is 89.9 Å². The molecule has 3 heterocycles. The van der Waals surface area contributed by atoms with Gasteiger partial charge in [0.25, 0.3) is 0 Å². The molecule has 19 nitrogen and oxygen atoms in total. The molecular formula is C73H137NO18. The molecule has 92 heavy (non-hydrogen) atoms. The Bertz CT molecular complexity index is 1760. The minimum absolute atomic E-state index is 0.248. The maximum atomic E-state index is 13.4. The van der Waals surface area contributed by atoms with Crippen LogP contribution in [0.3, 0.4) is 0 Å². The molecule has 0 bridgehead atoms. The van der Waals surface area contributed by atoms with Crippen LogP contribution in [0.1, 0.15) is 303 Å². The molecule has 542 valence electrons. The molecule has 3 fully saturated rings. The van der Waals surface area contributed by atoms with Crippen molar-refractivity contribution in [1.82, 2.24) is 5.32 Å². The lowest BCUT2D eigenvalue weighted by Crippen LogP contribution is -2.66. The van der Waals surface area contributed by atoms with Gasteiger partial charge in [0.1, 0.15) is 73.2 Å². The van der Waals surface area contributed by atoms with Gasteiger partial charge in [-0.15, -0.1) is 0 Å². The number of aliphatic hydroxyl groups is 11. The first-order chi connectivity index (χ1) is 44.8. The third-order valence-electron chi connectivity index (χ3n) is 19.0. The summed E-state index contributed by atoms with van der Waals surface area (Å²) in [6, 6.07) is -0.968. The average Bonchev–Trinajstić information content (AvgIpc) is 0.799. The average molecular weight is 1320 g/mol. The van der Waals surface area contributed by atoms with E-state index in [0.29, 0.717) is 6.42 Å². The number of allylic oxidation sites excluding steroid dienone is 3. The number of aliphatic hydroxyl groups excluding tert-OH is 11. The Morgan fingerprint density at radius 3 is 1.05 bits per heavy atom. The lowest BCUT2D eigenvalue weighted by molar-refractivity contribution is -0.379. The van der Waals surface area contributed by atoms with Gasteiger partial charge in [0.05, 0.1) is 38.6 Å². The highest BCUT2D eigenvalue weighted by atomic mass is 16.8. The lowest BCUT2D eigenvalue weighted by atomic mass is 9.96. The van der Waals surface area contributed by atoms with Crippen molar-refractivity contribution in [2.75, 3.05) is 26.4 Å². The first-order valence-electron chi connectivity index (χ1n) is 37.6. The van der Waals surface area contributed by atoms with Crippen LogP contribution in [0, 0.1) is 0 Å². The number of carbonyl (C=O) groups excluding carboxylic acids is 1. The van der Waals surface area contributed by atoms with E-state index in [1.54, 1.807) is 6.08 Å². The third kappa shape index (κ3) is 36.2. The highest BCUT2D eigenvalue weighted by molar-refractivity contribution is 5.76. The van der Waals surface area contributed by atoms with Crippen LogP contribution >= 0.6 is 0 Å². The molecule has 3 aliphatic rings. The maximum Gasteiger partial charge on any atom is 0.220 e. The van der Waals surface area contributed by atoms with Gasteiger partial charge in [-0.05, 0) is 44.9 Å². The van der Waals surface area contributed by atoms with Crippen LogP contribution < -0.4 is 5.32 Å². The Labute approximate surface area is 556 Å². The first kappa shape index (κ1) is 84.5. The van der Waals surface area contributed by atoms with Crippen LogP contribution in [0.15, 0.2) is 24.3 Å². The molecular weight excluding hydrogens is 1180 g/mol. The normalized spacial score (nSPS) is 27.8. The van der Waals surface area contributed by atoms with Gasteiger partial charge in [0, 0.05) is 6.42 Å². The fourth-order valence-corrected chi connectivity index (χ4v) is 12.9. The molecule has 0 aromatic carbocycles. The molecule has 0 radical (unpaired) electrons. The Kier molecular flexibility index (Phi) is 50.7. The van der Waals surface area contributed by atoms with E-state index in [0.717, 1.165) is 44.9 Å². The Balaban J connectivity index is 1.27. The zero-order valence-corrected chi connectivity index (χ0v) is 57.5. The monoisotopic (exact) mass is 1320 g/mol. The van der Waals surface area contributed by atoms with Crippen molar-refractivity contribution in [3.05, 3.63) is 24.3 Å². The molecule has 0 saturated carbocycles. The summed E-state index contributed by atoms with van der Waals surface area (Å²) in [6.45, 7) is 1.73. The van der Waals surface area contributed by atoms with Gasteiger partial charge in [-0.2, -0.15) is 0 Å². The summed E-state index contributed by atoms with van der Waals surface area (Å²) in [7, 11) is 0. The van der Waals surface area contributed by atoms with Crippen molar-refractivity contribution in [3.8, 4) is 0 Å². The molecule has 3 rings (SSSR count). The number of amides is 1. The van der Waals surface area contributed by atoms with E-state index < -0.39 is 124 Å². The van der Waals surface area contributed by atoms with Gasteiger partial charge in [-0.25, -0.2) is 0 Å². The van der Waals surface area contributed by atoms with Crippen molar-refractivity contribution in [1.29, 1.82) is 0 Å². The molecule has 12 N–H and O–H groups in total. The quantitative estimate of drug-likeness (QED) is 0.0199.